The topological polar surface area (TPSA) is 119 Å². The number of carbonyl (C=O) groups is 2. The van der Waals surface area contributed by atoms with Crippen molar-refractivity contribution in [1.82, 2.24) is 20.4 Å². The highest BCUT2D eigenvalue weighted by molar-refractivity contribution is 5.95. The molecule has 4 rings (SSSR count). The second-order valence-electron chi connectivity index (χ2n) is 10.6. The maximum absolute atomic E-state index is 13.0. The maximum Gasteiger partial charge on any atom is 0.413 e. The molecule has 40 heavy (non-hydrogen) atoms. The molecule has 10 heteroatoms. The molecule has 1 saturated carbocycles. The van der Waals surface area contributed by atoms with Gasteiger partial charge in [-0.15, -0.1) is 0 Å². The summed E-state index contributed by atoms with van der Waals surface area (Å²) in [4.78, 5) is 33.6. The number of nitrogens with zero attached hydrogens (tertiary/aromatic N) is 4. The molecule has 3 fully saturated rings. The Bertz CT molecular complexity index is 966. The molecule has 0 radical (unpaired) electrons. The Kier molecular flexibility index (Phi) is 13.2. The maximum atomic E-state index is 13.0. The van der Waals surface area contributed by atoms with Gasteiger partial charge in [0.2, 0.25) is 11.9 Å². The monoisotopic (exact) mass is 554 g/mol. The van der Waals surface area contributed by atoms with Gasteiger partial charge in [-0.3, -0.25) is 15.0 Å². The van der Waals surface area contributed by atoms with Crippen LogP contribution in [-0.4, -0.2) is 85.3 Å². The van der Waals surface area contributed by atoms with Crippen LogP contribution in [0.2, 0.25) is 0 Å². The molecule has 1 aliphatic carbocycles. The number of piperidine rings is 1. The first-order valence-electron chi connectivity index (χ1n) is 14.8. The zero-order valence-electron chi connectivity index (χ0n) is 24.2. The summed E-state index contributed by atoms with van der Waals surface area (Å²) < 4.78 is 10.3. The number of nitriles is 1. The fraction of sp³-hybridized carbons (Fsp3) is 0.667. The molecule has 1 atom stereocenters. The number of alkyl carbamates (subject to hydrolysis) is 1. The molecule has 10 nitrogen and oxygen atoms in total. The molecule has 2 aliphatic heterocycles. The highest BCUT2D eigenvalue weighted by atomic mass is 16.5. The van der Waals surface area contributed by atoms with Gasteiger partial charge in [0, 0.05) is 32.7 Å². The first-order chi connectivity index (χ1) is 19.4. The molecular weight excluding hydrogens is 508 g/mol. The first kappa shape index (κ1) is 31.4. The molecule has 1 aromatic carbocycles. The van der Waals surface area contributed by atoms with Gasteiger partial charge in [-0.1, -0.05) is 68.9 Å². The van der Waals surface area contributed by atoms with Gasteiger partial charge in [0.1, 0.15) is 11.6 Å². The number of guanidine groups is 1. The van der Waals surface area contributed by atoms with Gasteiger partial charge in [-0.25, -0.2) is 9.79 Å². The lowest BCUT2D eigenvalue weighted by Crippen LogP contribution is -2.56. The number of nitrogens with one attached hydrogen (secondary N) is 2. The number of amides is 2. The summed E-state index contributed by atoms with van der Waals surface area (Å²) in [5, 5.41) is 15.5. The fourth-order valence-corrected chi connectivity index (χ4v) is 5.07. The number of morpholine rings is 1. The van der Waals surface area contributed by atoms with Crippen molar-refractivity contribution >= 4 is 18.0 Å². The fourth-order valence-electron chi connectivity index (χ4n) is 5.07. The van der Waals surface area contributed by atoms with Crippen molar-refractivity contribution in [2.45, 2.75) is 83.3 Å². The van der Waals surface area contributed by atoms with E-state index in [1.165, 1.54) is 44.1 Å². The molecule has 2 heterocycles. The van der Waals surface area contributed by atoms with Crippen LogP contribution in [0.3, 0.4) is 0 Å². The van der Waals surface area contributed by atoms with E-state index in [0.717, 1.165) is 6.54 Å². The highest BCUT2D eigenvalue weighted by Gasteiger charge is 2.37. The van der Waals surface area contributed by atoms with E-state index in [1.54, 1.807) is 13.8 Å². The Balaban J connectivity index is 0.000000649. The lowest BCUT2D eigenvalue weighted by Gasteiger charge is -2.38. The van der Waals surface area contributed by atoms with E-state index in [1.807, 2.05) is 23.1 Å². The summed E-state index contributed by atoms with van der Waals surface area (Å²) in [5.74, 6) is -0.0810. The minimum atomic E-state index is -0.929. The smallest absolute Gasteiger partial charge is 0.413 e. The molecule has 0 bridgehead atoms. The molecule has 0 aromatic heterocycles. The third-order valence-electron chi connectivity index (χ3n) is 7.53. The summed E-state index contributed by atoms with van der Waals surface area (Å²) >= 11 is 0. The van der Waals surface area contributed by atoms with Crippen molar-refractivity contribution in [3.05, 3.63) is 35.9 Å². The van der Waals surface area contributed by atoms with E-state index in [2.05, 4.69) is 38.7 Å². The van der Waals surface area contributed by atoms with Crippen LogP contribution in [0, 0.1) is 11.3 Å². The predicted octanol–water partition coefficient (Wildman–Crippen LogP) is 3.82. The normalized spacial score (nSPS) is 20.2. The van der Waals surface area contributed by atoms with Gasteiger partial charge in [0.05, 0.1) is 25.9 Å². The third-order valence-corrected chi connectivity index (χ3v) is 7.53. The summed E-state index contributed by atoms with van der Waals surface area (Å²) in [5.41, 5.74) is 0.297. The number of hydrogen-bond donors (Lipinski definition) is 2. The minimum Gasteiger partial charge on any atom is -0.450 e. The van der Waals surface area contributed by atoms with Gasteiger partial charge in [0.15, 0.2) is 0 Å². The molecular formula is C30H46N6O4. The Labute approximate surface area is 239 Å². The van der Waals surface area contributed by atoms with E-state index in [0.29, 0.717) is 52.2 Å². The molecule has 0 spiro atoms. The van der Waals surface area contributed by atoms with Crippen LogP contribution < -0.4 is 10.6 Å². The van der Waals surface area contributed by atoms with Crippen LogP contribution in [-0.2, 0) is 20.8 Å². The minimum absolute atomic E-state index is 0.226. The van der Waals surface area contributed by atoms with Crippen LogP contribution in [0.4, 0.5) is 4.79 Å². The van der Waals surface area contributed by atoms with E-state index in [9.17, 15) is 14.9 Å². The molecule has 2 N–H and O–H groups in total. The number of aliphatic imine (C=N–C) groups is 1. The van der Waals surface area contributed by atoms with Crippen LogP contribution in [0.5, 0.6) is 0 Å². The zero-order chi connectivity index (χ0) is 28.6. The summed E-state index contributed by atoms with van der Waals surface area (Å²) in [6.07, 6.45) is 9.45. The first-order valence-corrected chi connectivity index (χ1v) is 14.8. The van der Waals surface area contributed by atoms with E-state index in [4.69, 9.17) is 9.47 Å². The number of rotatable bonds is 6. The van der Waals surface area contributed by atoms with Crippen molar-refractivity contribution in [2.75, 3.05) is 46.0 Å². The molecule has 1 aromatic rings. The molecule has 220 valence electrons. The standard InChI is InChI=1S/C24H34N6O4.C6H12/c1-3-34-23(32)27-22(30-13-15-33-16-14-30)26-19(2)21(31)28-24(18-25)9-11-29(12-10-24)17-20-7-5-4-6-8-20;1-2-4-6-5-3-1/h4-8,19H,3,9-17H2,1-2H3,(H,28,31)(H,26,27,32);1-6H2. The van der Waals surface area contributed by atoms with Gasteiger partial charge in [0.25, 0.3) is 0 Å². The quantitative estimate of drug-likeness (QED) is 0.405. The highest BCUT2D eigenvalue weighted by Crippen LogP contribution is 2.23. The van der Waals surface area contributed by atoms with E-state index in [-0.39, 0.29) is 18.5 Å². The van der Waals surface area contributed by atoms with Crippen molar-refractivity contribution in [3.63, 3.8) is 0 Å². The second kappa shape index (κ2) is 16.8. The van der Waals surface area contributed by atoms with Gasteiger partial charge < -0.3 is 19.7 Å². The Morgan fingerprint density at radius 2 is 1.65 bits per heavy atom. The molecule has 1 unspecified atom stereocenters. The SMILES string of the molecule is C1CCCCC1.CCOC(=O)NC(=NC(C)C(=O)NC1(C#N)CCN(Cc2ccccc2)CC1)N1CCOCC1. The summed E-state index contributed by atoms with van der Waals surface area (Å²) in [7, 11) is 0. The van der Waals surface area contributed by atoms with Gasteiger partial charge >= 0.3 is 6.09 Å². The Morgan fingerprint density at radius 1 is 1.05 bits per heavy atom. The van der Waals surface area contributed by atoms with Crippen molar-refractivity contribution in [1.29, 1.82) is 5.26 Å². The van der Waals surface area contributed by atoms with E-state index < -0.39 is 17.7 Å². The molecule has 3 aliphatic rings. The largest absolute Gasteiger partial charge is 0.450 e. The lowest BCUT2D eigenvalue weighted by atomic mass is 9.88. The predicted molar refractivity (Wildman–Crippen MR) is 155 cm³/mol. The van der Waals surface area contributed by atoms with Gasteiger partial charge in [-0.05, 0) is 32.3 Å². The van der Waals surface area contributed by atoms with E-state index >= 15 is 0 Å². The second-order valence-corrected chi connectivity index (χ2v) is 10.6. The molecule has 2 amide bonds. The van der Waals surface area contributed by atoms with Crippen LogP contribution >= 0.6 is 0 Å². The van der Waals surface area contributed by atoms with Crippen LogP contribution in [0.25, 0.3) is 0 Å². The van der Waals surface area contributed by atoms with Crippen LogP contribution in [0.1, 0.15) is 70.8 Å². The number of carbonyl (C=O) groups excluding carboxylic acids is 2. The number of ether oxygens (including phenoxy) is 2. The zero-order valence-corrected chi connectivity index (χ0v) is 24.2. The van der Waals surface area contributed by atoms with Crippen molar-refractivity contribution < 1.29 is 19.1 Å². The summed E-state index contributed by atoms with van der Waals surface area (Å²) in [6.45, 7) is 7.92. The Morgan fingerprint density at radius 3 is 2.20 bits per heavy atom. The number of benzene rings is 1. The number of hydrogen-bond acceptors (Lipinski definition) is 7. The van der Waals surface area contributed by atoms with Crippen molar-refractivity contribution in [3.8, 4) is 6.07 Å². The van der Waals surface area contributed by atoms with Crippen LogP contribution in [0.15, 0.2) is 35.3 Å². The average Bonchev–Trinajstić information content (AvgIpc) is 3.00. The Hall–Kier alpha value is -3.16. The summed E-state index contributed by atoms with van der Waals surface area (Å²) in [6, 6.07) is 11.7. The third kappa shape index (κ3) is 10.4. The van der Waals surface area contributed by atoms with Crippen molar-refractivity contribution in [2.24, 2.45) is 4.99 Å². The number of likely N-dealkylation sites (tertiary alicyclic amines) is 1. The molecule has 2 saturated heterocycles. The average molecular weight is 555 g/mol. The van der Waals surface area contributed by atoms with Gasteiger partial charge in [-0.2, -0.15) is 5.26 Å². The lowest BCUT2D eigenvalue weighted by molar-refractivity contribution is -0.123.